The van der Waals surface area contributed by atoms with Crippen LogP contribution in [0.25, 0.3) is 0 Å². The number of amides is 1. The van der Waals surface area contributed by atoms with E-state index in [1.165, 1.54) is 0 Å². The number of rotatable bonds is 3. The molecule has 2 fully saturated rings. The van der Waals surface area contributed by atoms with Crippen LogP contribution in [0.3, 0.4) is 0 Å². The van der Waals surface area contributed by atoms with E-state index in [1.807, 2.05) is 12.1 Å². The summed E-state index contributed by atoms with van der Waals surface area (Å²) < 4.78 is 23.2. The topological polar surface area (TPSA) is 74.3 Å². The van der Waals surface area contributed by atoms with E-state index in [9.17, 15) is 9.59 Å². The van der Waals surface area contributed by atoms with Gasteiger partial charge in [0.1, 0.15) is 18.0 Å². The fourth-order valence-corrected chi connectivity index (χ4v) is 3.79. The average Bonchev–Trinajstić information content (AvgIpc) is 2.74. The van der Waals surface area contributed by atoms with Crippen LogP contribution in [-0.2, 0) is 14.2 Å². The summed E-state index contributed by atoms with van der Waals surface area (Å²) in [4.78, 5) is 27.0. The summed E-state index contributed by atoms with van der Waals surface area (Å²) in [6, 6.07) is 17.3. The number of ether oxygens (including phenoxy) is 4. The number of esters is 1. The van der Waals surface area contributed by atoms with Crippen molar-refractivity contribution in [3.63, 3.8) is 0 Å². The summed E-state index contributed by atoms with van der Waals surface area (Å²) in [5, 5.41) is 0. The summed E-state index contributed by atoms with van der Waals surface area (Å²) in [5.41, 5.74) is 0.478. The Bertz CT molecular complexity index is 885. The van der Waals surface area contributed by atoms with Crippen LogP contribution in [0.5, 0.6) is 5.75 Å². The normalized spacial score (nSPS) is 25.1. The zero-order valence-electron chi connectivity index (χ0n) is 17.0. The molecule has 158 valence electrons. The van der Waals surface area contributed by atoms with E-state index in [0.29, 0.717) is 24.3 Å². The molecule has 0 bridgehead atoms. The molecule has 7 heteroatoms. The number of piperidine rings is 1. The van der Waals surface area contributed by atoms with Gasteiger partial charge in [-0.05, 0) is 38.1 Å². The first kappa shape index (κ1) is 20.4. The number of likely N-dealkylation sites (tertiary alicyclic amines) is 1. The lowest BCUT2D eigenvalue weighted by Crippen LogP contribution is -2.65. The molecule has 0 N–H and O–H groups in total. The van der Waals surface area contributed by atoms with Gasteiger partial charge in [0, 0.05) is 13.0 Å². The first-order valence-electron chi connectivity index (χ1n) is 10.0. The molecule has 0 aliphatic carbocycles. The van der Waals surface area contributed by atoms with Crippen molar-refractivity contribution in [1.29, 1.82) is 0 Å². The molecule has 2 aliphatic heterocycles. The predicted octanol–water partition coefficient (Wildman–Crippen LogP) is 3.64. The SMILES string of the molecule is CC1(C)OC[C@@H]2[C@@H](O1)[C@H](OC(=O)c1ccccc1)CCN2C(=O)Oc1ccccc1. The Balaban J connectivity index is 1.50. The maximum absolute atomic E-state index is 12.8. The third-order valence-corrected chi connectivity index (χ3v) is 5.27. The van der Waals surface area contributed by atoms with E-state index < -0.39 is 36.1 Å². The highest BCUT2D eigenvalue weighted by Gasteiger charge is 2.49. The molecule has 0 aromatic heterocycles. The Hall–Kier alpha value is -2.90. The van der Waals surface area contributed by atoms with E-state index in [0.717, 1.165) is 0 Å². The smallest absolute Gasteiger partial charge is 0.415 e. The molecule has 2 aromatic carbocycles. The van der Waals surface area contributed by atoms with Crippen LogP contribution >= 0.6 is 0 Å². The molecule has 4 rings (SSSR count). The van der Waals surface area contributed by atoms with Crippen LogP contribution in [0.4, 0.5) is 4.79 Å². The predicted molar refractivity (Wildman–Crippen MR) is 108 cm³/mol. The fourth-order valence-electron chi connectivity index (χ4n) is 3.79. The molecule has 7 nitrogen and oxygen atoms in total. The van der Waals surface area contributed by atoms with Gasteiger partial charge in [-0.15, -0.1) is 0 Å². The van der Waals surface area contributed by atoms with Gasteiger partial charge in [-0.2, -0.15) is 0 Å². The average molecular weight is 411 g/mol. The Morgan fingerprint density at radius 1 is 1.03 bits per heavy atom. The molecule has 2 heterocycles. The van der Waals surface area contributed by atoms with Gasteiger partial charge in [-0.25, -0.2) is 9.59 Å². The second-order valence-electron chi connectivity index (χ2n) is 7.83. The van der Waals surface area contributed by atoms with Gasteiger partial charge in [-0.1, -0.05) is 36.4 Å². The number of benzene rings is 2. The lowest BCUT2D eigenvalue weighted by molar-refractivity contribution is -0.313. The largest absolute Gasteiger partial charge is 0.456 e. The minimum atomic E-state index is -0.842. The Kier molecular flexibility index (Phi) is 5.74. The minimum absolute atomic E-state index is 0.265. The van der Waals surface area contributed by atoms with Crippen molar-refractivity contribution < 1.29 is 28.5 Å². The monoisotopic (exact) mass is 411 g/mol. The van der Waals surface area contributed by atoms with Crippen molar-refractivity contribution in [2.75, 3.05) is 13.2 Å². The molecule has 0 saturated carbocycles. The molecule has 2 aromatic rings. The highest BCUT2D eigenvalue weighted by Crippen LogP contribution is 2.33. The van der Waals surface area contributed by atoms with Crippen molar-refractivity contribution in [2.45, 2.75) is 44.3 Å². The second kappa shape index (κ2) is 8.45. The first-order chi connectivity index (χ1) is 14.4. The summed E-state index contributed by atoms with van der Waals surface area (Å²) in [7, 11) is 0. The number of hydrogen-bond donors (Lipinski definition) is 0. The van der Waals surface area contributed by atoms with Crippen molar-refractivity contribution in [3.8, 4) is 5.75 Å². The van der Waals surface area contributed by atoms with Gasteiger partial charge in [0.2, 0.25) is 0 Å². The van der Waals surface area contributed by atoms with Gasteiger partial charge in [-0.3, -0.25) is 4.90 Å². The van der Waals surface area contributed by atoms with Gasteiger partial charge in [0.05, 0.1) is 18.2 Å². The maximum Gasteiger partial charge on any atom is 0.415 e. The van der Waals surface area contributed by atoms with Crippen molar-refractivity contribution in [1.82, 2.24) is 4.90 Å². The lowest BCUT2D eigenvalue weighted by Gasteiger charge is -2.50. The van der Waals surface area contributed by atoms with Gasteiger partial charge < -0.3 is 18.9 Å². The Morgan fingerprint density at radius 2 is 1.70 bits per heavy atom. The zero-order valence-corrected chi connectivity index (χ0v) is 17.0. The third kappa shape index (κ3) is 4.47. The van der Waals surface area contributed by atoms with Crippen LogP contribution in [0.2, 0.25) is 0 Å². The molecule has 30 heavy (non-hydrogen) atoms. The van der Waals surface area contributed by atoms with Crippen LogP contribution in [0, 0.1) is 0 Å². The van der Waals surface area contributed by atoms with Crippen LogP contribution in [-0.4, -0.2) is 54.2 Å². The molecule has 3 atom stereocenters. The quantitative estimate of drug-likeness (QED) is 0.718. The first-order valence-corrected chi connectivity index (χ1v) is 10.0. The van der Waals surface area contributed by atoms with E-state index in [-0.39, 0.29) is 6.61 Å². The molecule has 2 aliphatic rings. The van der Waals surface area contributed by atoms with Crippen LogP contribution in [0.1, 0.15) is 30.6 Å². The van der Waals surface area contributed by atoms with Gasteiger partial charge >= 0.3 is 12.1 Å². The number of hydrogen-bond acceptors (Lipinski definition) is 6. The molecule has 1 amide bonds. The zero-order chi connectivity index (χ0) is 21.1. The molecule has 2 saturated heterocycles. The number of fused-ring (bicyclic) bond motifs is 1. The van der Waals surface area contributed by atoms with Crippen molar-refractivity contribution >= 4 is 12.1 Å². The van der Waals surface area contributed by atoms with E-state index in [2.05, 4.69) is 0 Å². The minimum Gasteiger partial charge on any atom is -0.456 e. The van der Waals surface area contributed by atoms with Crippen molar-refractivity contribution in [3.05, 3.63) is 66.2 Å². The van der Waals surface area contributed by atoms with E-state index >= 15 is 0 Å². The summed E-state index contributed by atoms with van der Waals surface area (Å²) in [6.45, 7) is 4.24. The maximum atomic E-state index is 12.8. The lowest BCUT2D eigenvalue weighted by atomic mass is 9.94. The molecular formula is C23H25NO6. The van der Waals surface area contributed by atoms with Gasteiger partial charge in [0.25, 0.3) is 0 Å². The second-order valence-corrected chi connectivity index (χ2v) is 7.83. The summed E-state index contributed by atoms with van der Waals surface area (Å²) in [5.74, 6) is -0.785. The number of carbonyl (C=O) groups is 2. The van der Waals surface area contributed by atoms with Crippen LogP contribution in [0.15, 0.2) is 60.7 Å². The van der Waals surface area contributed by atoms with Gasteiger partial charge in [0.15, 0.2) is 5.79 Å². The molecule has 0 spiro atoms. The summed E-state index contributed by atoms with van der Waals surface area (Å²) in [6.07, 6.45) is -1.04. The standard InChI is InChI=1S/C23H25NO6/c1-23(2)27-15-18-20(30-23)19(29-21(25)16-9-5-3-6-10-16)13-14-24(18)22(26)28-17-11-7-4-8-12-17/h3-12,18-20H,13-15H2,1-2H3/t18-,19-,20-/m1/s1. The van der Waals surface area contributed by atoms with E-state index in [4.69, 9.17) is 18.9 Å². The Labute approximate surface area is 175 Å². The number of carbonyl (C=O) groups excluding carboxylic acids is 2. The van der Waals surface area contributed by atoms with Crippen LogP contribution < -0.4 is 4.74 Å². The highest BCUT2D eigenvalue weighted by atomic mass is 16.7. The van der Waals surface area contributed by atoms with E-state index in [1.54, 1.807) is 67.3 Å². The molecular weight excluding hydrogens is 386 g/mol. The third-order valence-electron chi connectivity index (χ3n) is 5.27. The fraction of sp³-hybridized carbons (Fsp3) is 0.391. The highest BCUT2D eigenvalue weighted by molar-refractivity contribution is 5.89. The Morgan fingerprint density at radius 3 is 2.40 bits per heavy atom. The molecule has 0 unspecified atom stereocenters. The number of nitrogens with zero attached hydrogens (tertiary/aromatic N) is 1. The number of para-hydroxylation sites is 1. The summed E-state index contributed by atoms with van der Waals surface area (Å²) >= 11 is 0. The van der Waals surface area contributed by atoms with Crippen molar-refractivity contribution in [2.24, 2.45) is 0 Å². The molecule has 0 radical (unpaired) electrons.